The molecule has 0 N–H and O–H groups in total. The third-order valence-corrected chi connectivity index (χ3v) is 4.23. The molecule has 0 aliphatic heterocycles. The van der Waals surface area contributed by atoms with E-state index in [1.54, 1.807) is 0 Å². The van der Waals surface area contributed by atoms with E-state index in [4.69, 9.17) is 0 Å². The molecule has 0 saturated carbocycles. The number of nitrogens with zero attached hydrogens (tertiary/aromatic N) is 2. The normalized spacial score (nSPS) is 10.6. The van der Waals surface area contributed by atoms with Gasteiger partial charge in [0.2, 0.25) is 0 Å². The second kappa shape index (κ2) is 10.7. The summed E-state index contributed by atoms with van der Waals surface area (Å²) in [6, 6.07) is 8.48. The second-order valence-corrected chi connectivity index (χ2v) is 6.11. The molecule has 122 valence electrons. The Bertz CT molecular complexity index is 546. The molecule has 0 aliphatic rings. The molecule has 0 bridgehead atoms. The van der Waals surface area contributed by atoms with Gasteiger partial charge in [-0.05, 0) is 42.5 Å². The first-order chi connectivity index (χ1) is 11.4. The molecule has 0 saturated heterocycles. The molecule has 2 heteroatoms. The largest absolute Gasteiger partial charge is 0.265 e. The maximum Gasteiger partial charge on any atom is 0.169 e. The van der Waals surface area contributed by atoms with Crippen LogP contribution in [0.15, 0.2) is 61.7 Å². The lowest BCUT2D eigenvalue weighted by Crippen LogP contribution is -2.32. The van der Waals surface area contributed by atoms with Gasteiger partial charge in [-0.25, -0.2) is 4.57 Å². The second-order valence-electron chi connectivity index (χ2n) is 6.11. The smallest absolute Gasteiger partial charge is 0.169 e. The Morgan fingerprint density at radius 2 is 1.35 bits per heavy atom. The SMILES string of the molecule is C=CCCCCCCCCC[n+]1ccc(-c2ccncc2)cc1. The standard InChI is InChI=1S/C21H29N2/c1-2-3-4-5-6-7-8-9-10-17-23-18-13-21(14-19-23)20-11-15-22-16-12-20/h2,11-16,18-19H,1,3-10,17H2/q+1. The Labute approximate surface area is 140 Å². The minimum Gasteiger partial charge on any atom is -0.265 e. The Morgan fingerprint density at radius 3 is 2.00 bits per heavy atom. The first-order valence-electron chi connectivity index (χ1n) is 8.90. The predicted molar refractivity (Wildman–Crippen MR) is 97.0 cm³/mol. The zero-order valence-corrected chi connectivity index (χ0v) is 14.2. The summed E-state index contributed by atoms with van der Waals surface area (Å²) < 4.78 is 2.29. The van der Waals surface area contributed by atoms with Crippen LogP contribution in [0.25, 0.3) is 11.1 Å². The molecule has 23 heavy (non-hydrogen) atoms. The molecule has 0 unspecified atom stereocenters. The van der Waals surface area contributed by atoms with E-state index in [1.807, 2.05) is 18.5 Å². The van der Waals surface area contributed by atoms with E-state index >= 15 is 0 Å². The summed E-state index contributed by atoms with van der Waals surface area (Å²) in [4.78, 5) is 4.06. The molecule has 0 fully saturated rings. The molecule has 2 rings (SSSR count). The molecule has 0 amide bonds. The maximum absolute atomic E-state index is 4.06. The maximum atomic E-state index is 4.06. The van der Waals surface area contributed by atoms with Gasteiger partial charge in [0.25, 0.3) is 0 Å². The van der Waals surface area contributed by atoms with Crippen LogP contribution < -0.4 is 4.57 Å². The monoisotopic (exact) mass is 309 g/mol. The summed E-state index contributed by atoms with van der Waals surface area (Å²) >= 11 is 0. The fourth-order valence-electron chi connectivity index (χ4n) is 2.81. The fraction of sp³-hybridized carbons (Fsp3) is 0.429. The molecular formula is C21H29N2+. The van der Waals surface area contributed by atoms with Gasteiger partial charge in [-0.1, -0.05) is 31.8 Å². The van der Waals surface area contributed by atoms with Crippen molar-refractivity contribution < 1.29 is 4.57 Å². The van der Waals surface area contributed by atoms with E-state index in [2.05, 4.69) is 52.8 Å². The first-order valence-corrected chi connectivity index (χ1v) is 8.90. The highest BCUT2D eigenvalue weighted by atomic mass is 14.9. The lowest BCUT2D eigenvalue weighted by Gasteiger charge is -2.02. The summed E-state index contributed by atoms with van der Waals surface area (Å²) in [5, 5.41) is 0. The summed E-state index contributed by atoms with van der Waals surface area (Å²) in [6.45, 7) is 4.88. The van der Waals surface area contributed by atoms with Crippen molar-refractivity contribution in [3.63, 3.8) is 0 Å². The molecule has 2 aromatic rings. The average Bonchev–Trinajstić information content (AvgIpc) is 2.62. The Hall–Kier alpha value is -1.96. The van der Waals surface area contributed by atoms with Crippen molar-refractivity contribution in [3.05, 3.63) is 61.7 Å². The van der Waals surface area contributed by atoms with Gasteiger partial charge in [0.1, 0.15) is 6.54 Å². The van der Waals surface area contributed by atoms with Crippen LogP contribution >= 0.6 is 0 Å². The number of pyridine rings is 2. The minimum atomic E-state index is 1.12. The lowest BCUT2D eigenvalue weighted by atomic mass is 10.1. The van der Waals surface area contributed by atoms with E-state index in [0.717, 1.165) is 6.54 Å². The van der Waals surface area contributed by atoms with Crippen LogP contribution in [-0.2, 0) is 6.54 Å². The molecule has 0 aromatic carbocycles. The van der Waals surface area contributed by atoms with Crippen LogP contribution in [0.1, 0.15) is 51.4 Å². The third-order valence-electron chi connectivity index (χ3n) is 4.23. The van der Waals surface area contributed by atoms with Crippen molar-refractivity contribution in [2.45, 2.75) is 57.9 Å². The minimum absolute atomic E-state index is 1.12. The van der Waals surface area contributed by atoms with Crippen LogP contribution in [0.5, 0.6) is 0 Å². The number of hydrogen-bond donors (Lipinski definition) is 0. The van der Waals surface area contributed by atoms with Crippen LogP contribution in [0.2, 0.25) is 0 Å². The lowest BCUT2D eigenvalue weighted by molar-refractivity contribution is -0.697. The van der Waals surface area contributed by atoms with E-state index in [9.17, 15) is 0 Å². The molecule has 2 aromatic heterocycles. The quantitative estimate of drug-likeness (QED) is 0.311. The molecule has 0 aliphatic carbocycles. The molecule has 2 heterocycles. The van der Waals surface area contributed by atoms with E-state index < -0.39 is 0 Å². The van der Waals surface area contributed by atoms with Gasteiger partial charge in [-0.2, -0.15) is 0 Å². The van der Waals surface area contributed by atoms with Crippen molar-refractivity contribution in [1.29, 1.82) is 0 Å². The number of rotatable bonds is 11. The van der Waals surface area contributed by atoms with Gasteiger partial charge in [0, 0.05) is 30.9 Å². The van der Waals surface area contributed by atoms with Crippen LogP contribution in [0.3, 0.4) is 0 Å². The summed E-state index contributed by atoms with van der Waals surface area (Å²) in [6.07, 6.45) is 20.6. The van der Waals surface area contributed by atoms with Crippen molar-refractivity contribution in [2.24, 2.45) is 0 Å². The van der Waals surface area contributed by atoms with Gasteiger partial charge in [-0.15, -0.1) is 6.58 Å². The molecule has 2 nitrogen and oxygen atoms in total. The molecular weight excluding hydrogens is 280 g/mol. The van der Waals surface area contributed by atoms with Gasteiger partial charge >= 0.3 is 0 Å². The van der Waals surface area contributed by atoms with Gasteiger partial charge < -0.3 is 0 Å². The Kier molecular flexibility index (Phi) is 8.10. The highest BCUT2D eigenvalue weighted by Gasteiger charge is 2.02. The Morgan fingerprint density at radius 1 is 0.783 bits per heavy atom. The summed E-state index contributed by atoms with van der Waals surface area (Å²) in [7, 11) is 0. The number of allylic oxidation sites excluding steroid dienone is 1. The van der Waals surface area contributed by atoms with Crippen LogP contribution in [-0.4, -0.2) is 4.98 Å². The highest BCUT2D eigenvalue weighted by molar-refractivity contribution is 5.61. The zero-order chi connectivity index (χ0) is 16.2. The topological polar surface area (TPSA) is 16.8 Å². The zero-order valence-electron chi connectivity index (χ0n) is 14.2. The fourth-order valence-corrected chi connectivity index (χ4v) is 2.81. The molecule has 0 atom stereocenters. The molecule has 0 radical (unpaired) electrons. The average molecular weight is 309 g/mol. The van der Waals surface area contributed by atoms with Crippen LogP contribution in [0, 0.1) is 0 Å². The van der Waals surface area contributed by atoms with Gasteiger partial charge in [-0.3, -0.25) is 4.98 Å². The number of aromatic nitrogens is 2. The summed E-state index contributed by atoms with van der Waals surface area (Å²) in [5.74, 6) is 0. The number of unbranched alkanes of at least 4 members (excludes halogenated alkanes) is 7. The van der Waals surface area contributed by atoms with E-state index in [1.165, 1.54) is 62.5 Å². The van der Waals surface area contributed by atoms with Crippen molar-refractivity contribution in [2.75, 3.05) is 0 Å². The Balaban J connectivity index is 1.60. The van der Waals surface area contributed by atoms with E-state index in [-0.39, 0.29) is 0 Å². The van der Waals surface area contributed by atoms with Crippen molar-refractivity contribution in [1.82, 2.24) is 4.98 Å². The molecule has 0 spiro atoms. The number of aryl methyl sites for hydroxylation is 1. The van der Waals surface area contributed by atoms with Gasteiger partial charge in [0.15, 0.2) is 12.4 Å². The van der Waals surface area contributed by atoms with Crippen molar-refractivity contribution >= 4 is 0 Å². The van der Waals surface area contributed by atoms with Gasteiger partial charge in [0.05, 0.1) is 0 Å². The predicted octanol–water partition coefficient (Wildman–Crippen LogP) is 5.34. The summed E-state index contributed by atoms with van der Waals surface area (Å²) in [5.41, 5.74) is 2.48. The van der Waals surface area contributed by atoms with E-state index in [0.29, 0.717) is 0 Å². The first kappa shape index (κ1) is 17.4. The van der Waals surface area contributed by atoms with Crippen molar-refractivity contribution in [3.8, 4) is 11.1 Å². The van der Waals surface area contributed by atoms with Crippen LogP contribution in [0.4, 0.5) is 0 Å². The third kappa shape index (κ3) is 6.77. The number of hydrogen-bond acceptors (Lipinski definition) is 1. The highest BCUT2D eigenvalue weighted by Crippen LogP contribution is 2.15.